The minimum absolute atomic E-state index is 0.0434. The molecule has 0 unspecified atom stereocenters. The quantitative estimate of drug-likeness (QED) is 0.484. The lowest BCUT2D eigenvalue weighted by Crippen LogP contribution is -2.37. The summed E-state index contributed by atoms with van der Waals surface area (Å²) in [7, 11) is 0. The van der Waals surface area contributed by atoms with Crippen LogP contribution in [0.15, 0.2) is 47.8 Å². The normalized spacial score (nSPS) is 13.1. The lowest BCUT2D eigenvalue weighted by molar-refractivity contribution is 0.0668. The van der Waals surface area contributed by atoms with Gasteiger partial charge >= 0.3 is 0 Å². The number of hydrogen-bond acceptors (Lipinski definition) is 6. The van der Waals surface area contributed by atoms with E-state index in [2.05, 4.69) is 18.8 Å². The highest BCUT2D eigenvalue weighted by atomic mass is 32.1. The van der Waals surface area contributed by atoms with Gasteiger partial charge in [0, 0.05) is 17.0 Å². The van der Waals surface area contributed by atoms with Crippen LogP contribution < -0.4 is 14.2 Å². The largest absolute Gasteiger partial charge is 0.486 e. The van der Waals surface area contributed by atoms with Gasteiger partial charge in [0.2, 0.25) is 6.79 Å². The molecule has 0 fully saturated rings. The summed E-state index contributed by atoms with van der Waals surface area (Å²) in [6.07, 6.45) is 0.851. The van der Waals surface area contributed by atoms with Crippen molar-refractivity contribution in [3.8, 4) is 17.2 Å². The number of benzene rings is 2. The summed E-state index contributed by atoms with van der Waals surface area (Å²) in [6.45, 7) is 7.22. The number of fused-ring (bicyclic) bond motifs is 1. The van der Waals surface area contributed by atoms with Gasteiger partial charge in [-0.15, -0.1) is 11.3 Å². The van der Waals surface area contributed by atoms with E-state index in [1.807, 2.05) is 41.5 Å². The molecule has 162 valence electrons. The average Bonchev–Trinajstić information content (AvgIpc) is 3.44. The number of carbonyl (C=O) groups is 1. The Morgan fingerprint density at radius 2 is 1.97 bits per heavy atom. The average molecular weight is 439 g/mol. The van der Waals surface area contributed by atoms with Crippen LogP contribution in [0.25, 0.3) is 0 Å². The number of ether oxygens (including phenoxy) is 3. The van der Waals surface area contributed by atoms with Crippen molar-refractivity contribution in [2.45, 2.75) is 46.4 Å². The van der Waals surface area contributed by atoms with Crippen LogP contribution in [0.2, 0.25) is 0 Å². The zero-order valence-corrected chi connectivity index (χ0v) is 18.8. The highest BCUT2D eigenvalue weighted by Crippen LogP contribution is 2.33. The van der Waals surface area contributed by atoms with E-state index in [-0.39, 0.29) is 18.7 Å². The third-order valence-corrected chi connectivity index (χ3v) is 6.19. The summed E-state index contributed by atoms with van der Waals surface area (Å²) in [5, 5.41) is 2.88. The van der Waals surface area contributed by atoms with Crippen LogP contribution in [0.5, 0.6) is 17.2 Å². The molecule has 0 saturated heterocycles. The highest BCUT2D eigenvalue weighted by molar-refractivity contribution is 7.09. The fraction of sp³-hybridized carbons (Fsp3) is 0.333. The molecule has 3 aromatic rings. The van der Waals surface area contributed by atoms with Crippen molar-refractivity contribution >= 4 is 17.2 Å². The molecule has 0 aliphatic carbocycles. The first-order valence-electron chi connectivity index (χ1n) is 10.4. The predicted molar refractivity (Wildman–Crippen MR) is 120 cm³/mol. The molecule has 4 rings (SSSR count). The summed E-state index contributed by atoms with van der Waals surface area (Å²) < 4.78 is 16.6. The SMILES string of the molecule is CC[C@@H](C)N(Cc1csc(COc2ccc(C)cc2)n1)C(=O)c1ccc2c(c1)OCO2. The highest BCUT2D eigenvalue weighted by Gasteiger charge is 2.24. The summed E-state index contributed by atoms with van der Waals surface area (Å²) in [6, 6.07) is 13.4. The molecule has 0 bridgehead atoms. The van der Waals surface area contributed by atoms with Crippen LogP contribution in [-0.2, 0) is 13.2 Å². The Morgan fingerprint density at radius 3 is 2.74 bits per heavy atom. The van der Waals surface area contributed by atoms with Gasteiger partial charge < -0.3 is 19.1 Å². The molecule has 0 N–H and O–H groups in total. The van der Waals surface area contributed by atoms with Gasteiger partial charge in [-0.25, -0.2) is 4.98 Å². The molecule has 1 atom stereocenters. The van der Waals surface area contributed by atoms with Gasteiger partial charge in [-0.1, -0.05) is 24.6 Å². The standard InChI is InChI=1S/C24H26N2O4S/c1-4-17(3)26(24(27)18-7-10-21-22(11-18)30-15-29-21)12-19-14-31-23(25-19)13-28-20-8-5-16(2)6-9-20/h5-11,14,17H,4,12-13,15H2,1-3H3/t17-/m1/s1. The van der Waals surface area contributed by atoms with E-state index in [9.17, 15) is 4.79 Å². The third kappa shape index (κ3) is 4.99. The van der Waals surface area contributed by atoms with Crippen molar-refractivity contribution in [2.75, 3.05) is 6.79 Å². The molecule has 6 nitrogen and oxygen atoms in total. The smallest absolute Gasteiger partial charge is 0.254 e. The minimum Gasteiger partial charge on any atom is -0.486 e. The van der Waals surface area contributed by atoms with Crippen molar-refractivity contribution in [3.05, 3.63) is 69.7 Å². The van der Waals surface area contributed by atoms with E-state index in [1.165, 1.54) is 5.56 Å². The maximum absolute atomic E-state index is 13.3. The Labute approximate surface area is 186 Å². The fourth-order valence-corrected chi connectivity index (χ4v) is 3.98. The molecule has 1 aliphatic heterocycles. The summed E-state index contributed by atoms with van der Waals surface area (Å²) in [4.78, 5) is 19.8. The van der Waals surface area contributed by atoms with Crippen molar-refractivity contribution in [3.63, 3.8) is 0 Å². The van der Waals surface area contributed by atoms with E-state index in [4.69, 9.17) is 14.2 Å². The Morgan fingerprint density at radius 1 is 1.19 bits per heavy atom. The van der Waals surface area contributed by atoms with E-state index in [0.717, 1.165) is 22.9 Å². The number of carbonyl (C=O) groups excluding carboxylic acids is 1. The van der Waals surface area contributed by atoms with Gasteiger partial charge in [0.25, 0.3) is 5.91 Å². The van der Waals surface area contributed by atoms with Crippen LogP contribution in [0.3, 0.4) is 0 Å². The number of rotatable bonds is 8. The second-order valence-electron chi connectivity index (χ2n) is 7.59. The van der Waals surface area contributed by atoms with Crippen LogP contribution in [0.1, 0.15) is 46.9 Å². The Hall–Kier alpha value is -3.06. The lowest BCUT2D eigenvalue weighted by atomic mass is 10.1. The summed E-state index contributed by atoms with van der Waals surface area (Å²) >= 11 is 1.55. The van der Waals surface area contributed by atoms with Crippen LogP contribution in [0, 0.1) is 6.92 Å². The molecule has 1 amide bonds. The second kappa shape index (κ2) is 9.39. The fourth-order valence-electron chi connectivity index (χ4n) is 3.29. The molecule has 2 heterocycles. The number of hydrogen-bond donors (Lipinski definition) is 0. The summed E-state index contributed by atoms with van der Waals surface area (Å²) in [5.74, 6) is 2.06. The van der Waals surface area contributed by atoms with E-state index in [1.54, 1.807) is 29.5 Å². The van der Waals surface area contributed by atoms with Crippen molar-refractivity contribution in [1.82, 2.24) is 9.88 Å². The number of amides is 1. The number of aryl methyl sites for hydroxylation is 1. The van der Waals surface area contributed by atoms with Gasteiger partial charge in [-0.3, -0.25) is 4.79 Å². The molecule has 1 aromatic heterocycles. The molecule has 0 radical (unpaired) electrons. The van der Waals surface area contributed by atoms with Crippen LogP contribution in [-0.4, -0.2) is 28.6 Å². The van der Waals surface area contributed by atoms with E-state index in [0.29, 0.717) is 30.2 Å². The van der Waals surface area contributed by atoms with E-state index < -0.39 is 0 Å². The number of aromatic nitrogens is 1. The zero-order chi connectivity index (χ0) is 21.8. The maximum Gasteiger partial charge on any atom is 0.254 e. The Bertz CT molecular complexity index is 1050. The molecule has 2 aromatic carbocycles. The van der Waals surface area contributed by atoms with E-state index >= 15 is 0 Å². The minimum atomic E-state index is -0.0434. The zero-order valence-electron chi connectivity index (χ0n) is 18.0. The molecule has 1 aliphatic rings. The monoisotopic (exact) mass is 438 g/mol. The van der Waals surface area contributed by atoms with Gasteiger partial charge in [-0.2, -0.15) is 0 Å². The van der Waals surface area contributed by atoms with Crippen molar-refractivity contribution in [1.29, 1.82) is 0 Å². The predicted octanol–water partition coefficient (Wildman–Crippen LogP) is 5.20. The van der Waals surface area contributed by atoms with Gasteiger partial charge in [-0.05, 0) is 50.6 Å². The summed E-state index contributed by atoms with van der Waals surface area (Å²) in [5.41, 5.74) is 2.64. The molecular weight excluding hydrogens is 412 g/mol. The van der Waals surface area contributed by atoms with Crippen LogP contribution >= 0.6 is 11.3 Å². The maximum atomic E-state index is 13.3. The Balaban J connectivity index is 1.44. The molecular formula is C24H26N2O4S. The first kappa shape index (κ1) is 21.2. The molecule has 0 saturated carbocycles. The second-order valence-corrected chi connectivity index (χ2v) is 8.54. The molecule has 7 heteroatoms. The lowest BCUT2D eigenvalue weighted by Gasteiger charge is -2.28. The topological polar surface area (TPSA) is 60.9 Å². The van der Waals surface area contributed by atoms with Gasteiger partial charge in [0.15, 0.2) is 11.5 Å². The number of nitrogens with zero attached hydrogens (tertiary/aromatic N) is 2. The first-order chi connectivity index (χ1) is 15.0. The van der Waals surface area contributed by atoms with Crippen molar-refractivity contribution < 1.29 is 19.0 Å². The molecule has 31 heavy (non-hydrogen) atoms. The van der Waals surface area contributed by atoms with Crippen molar-refractivity contribution in [2.24, 2.45) is 0 Å². The number of thiazole rings is 1. The third-order valence-electron chi connectivity index (χ3n) is 5.32. The van der Waals surface area contributed by atoms with Gasteiger partial charge in [0.1, 0.15) is 17.4 Å². The first-order valence-corrected chi connectivity index (χ1v) is 11.2. The Kier molecular flexibility index (Phi) is 6.42. The molecule has 0 spiro atoms. The van der Waals surface area contributed by atoms with Crippen LogP contribution in [0.4, 0.5) is 0 Å². The van der Waals surface area contributed by atoms with Gasteiger partial charge in [0.05, 0.1) is 12.2 Å².